The molecule has 0 atom stereocenters. The maximum Gasteiger partial charge on any atom is 0.193 e. The summed E-state index contributed by atoms with van der Waals surface area (Å²) >= 11 is 1.81. The highest BCUT2D eigenvalue weighted by molar-refractivity contribution is 14.0. The Morgan fingerprint density at radius 2 is 2.08 bits per heavy atom. The zero-order chi connectivity index (χ0) is 17.7. The molecule has 0 unspecified atom stereocenters. The van der Waals surface area contributed by atoms with Crippen molar-refractivity contribution in [3.63, 3.8) is 0 Å². The van der Waals surface area contributed by atoms with Crippen LogP contribution in [0.2, 0.25) is 0 Å². The predicted molar refractivity (Wildman–Crippen MR) is 117 cm³/mol. The summed E-state index contributed by atoms with van der Waals surface area (Å²) in [6, 6.07) is 6.25. The highest BCUT2D eigenvalue weighted by atomic mass is 127. The van der Waals surface area contributed by atoms with Crippen molar-refractivity contribution in [1.82, 2.24) is 20.3 Å². The van der Waals surface area contributed by atoms with Crippen LogP contribution in [0.15, 0.2) is 39.4 Å². The van der Waals surface area contributed by atoms with E-state index in [1.165, 1.54) is 4.88 Å². The average molecular weight is 489 g/mol. The lowest BCUT2D eigenvalue weighted by Gasteiger charge is -2.37. The van der Waals surface area contributed by atoms with E-state index < -0.39 is 0 Å². The fourth-order valence-corrected chi connectivity index (χ4v) is 3.90. The van der Waals surface area contributed by atoms with Gasteiger partial charge in [-0.25, -0.2) is 0 Å². The van der Waals surface area contributed by atoms with Crippen LogP contribution in [0.1, 0.15) is 24.4 Å². The Morgan fingerprint density at radius 3 is 2.65 bits per heavy atom. The molecule has 0 spiro atoms. The van der Waals surface area contributed by atoms with Crippen molar-refractivity contribution < 1.29 is 4.52 Å². The lowest BCUT2D eigenvalue weighted by Crippen LogP contribution is -2.53. The second-order valence-corrected chi connectivity index (χ2v) is 7.96. The van der Waals surface area contributed by atoms with Gasteiger partial charge in [-0.3, -0.25) is 9.89 Å². The molecule has 0 aliphatic carbocycles. The van der Waals surface area contributed by atoms with Crippen LogP contribution in [-0.2, 0) is 12.0 Å². The topological polar surface area (TPSA) is 56.9 Å². The number of aromatic nitrogens is 1. The van der Waals surface area contributed by atoms with E-state index in [9.17, 15) is 0 Å². The maximum atomic E-state index is 4.91. The number of piperazine rings is 1. The van der Waals surface area contributed by atoms with Gasteiger partial charge >= 0.3 is 0 Å². The van der Waals surface area contributed by atoms with Crippen LogP contribution >= 0.6 is 35.3 Å². The summed E-state index contributed by atoms with van der Waals surface area (Å²) in [5, 5.41) is 9.70. The largest absolute Gasteiger partial charge is 0.364 e. The first-order chi connectivity index (χ1) is 12.1. The maximum absolute atomic E-state index is 4.91. The molecule has 3 rings (SSSR count). The normalized spacial score (nSPS) is 16.4. The van der Waals surface area contributed by atoms with Crippen LogP contribution in [0.5, 0.6) is 0 Å². The molecule has 1 saturated heterocycles. The van der Waals surface area contributed by atoms with Crippen LogP contribution < -0.4 is 5.32 Å². The van der Waals surface area contributed by atoms with Gasteiger partial charge in [0.2, 0.25) is 0 Å². The fourth-order valence-electron chi connectivity index (χ4n) is 3.05. The zero-order valence-electron chi connectivity index (χ0n) is 15.6. The molecular formula is C18H28IN5OS. The van der Waals surface area contributed by atoms with E-state index in [1.54, 1.807) is 6.26 Å². The van der Waals surface area contributed by atoms with E-state index in [0.29, 0.717) is 0 Å². The number of guanidine groups is 1. The Kier molecular flexibility index (Phi) is 7.90. The lowest BCUT2D eigenvalue weighted by atomic mass is 9.91. The Balaban J connectivity index is 0.00000243. The summed E-state index contributed by atoms with van der Waals surface area (Å²) in [5.41, 5.74) is 1.09. The van der Waals surface area contributed by atoms with Crippen LogP contribution in [0.25, 0.3) is 0 Å². The van der Waals surface area contributed by atoms with Gasteiger partial charge in [-0.15, -0.1) is 35.3 Å². The number of hydrogen-bond donors (Lipinski definition) is 1. The van der Waals surface area contributed by atoms with E-state index in [0.717, 1.165) is 50.9 Å². The average Bonchev–Trinajstić information content (AvgIpc) is 3.30. The number of thiophene rings is 1. The lowest BCUT2D eigenvalue weighted by molar-refractivity contribution is 0.168. The summed E-state index contributed by atoms with van der Waals surface area (Å²) in [5.74, 6) is 0.991. The molecule has 6 nitrogen and oxygen atoms in total. The molecule has 3 heterocycles. The van der Waals surface area contributed by atoms with Gasteiger partial charge in [-0.2, -0.15) is 0 Å². The molecule has 8 heteroatoms. The third-order valence-electron chi connectivity index (χ3n) is 4.64. The molecule has 2 aromatic heterocycles. The number of hydrogen-bond acceptors (Lipinski definition) is 5. The van der Waals surface area contributed by atoms with Gasteiger partial charge in [0.1, 0.15) is 6.26 Å². The number of rotatable bonds is 5. The highest BCUT2D eigenvalue weighted by Gasteiger charge is 2.25. The first kappa shape index (κ1) is 21.2. The van der Waals surface area contributed by atoms with Crippen molar-refractivity contribution in [1.29, 1.82) is 0 Å². The van der Waals surface area contributed by atoms with Crippen molar-refractivity contribution in [2.24, 2.45) is 4.99 Å². The number of nitrogens with zero attached hydrogens (tertiary/aromatic N) is 4. The third-order valence-corrected chi connectivity index (χ3v) is 5.87. The summed E-state index contributed by atoms with van der Waals surface area (Å²) < 4.78 is 4.91. The van der Waals surface area contributed by atoms with E-state index in [2.05, 4.69) is 56.6 Å². The molecule has 2 aromatic rings. The molecule has 1 fully saturated rings. The minimum atomic E-state index is 0. The van der Waals surface area contributed by atoms with Crippen molar-refractivity contribution in [2.75, 3.05) is 39.8 Å². The molecule has 1 aliphatic heterocycles. The quantitative estimate of drug-likeness (QED) is 0.398. The van der Waals surface area contributed by atoms with Crippen molar-refractivity contribution >= 4 is 41.3 Å². The number of aliphatic imine (C=N–C) groups is 1. The minimum Gasteiger partial charge on any atom is -0.364 e. The zero-order valence-corrected chi connectivity index (χ0v) is 18.8. The Labute approximate surface area is 176 Å². The second-order valence-electron chi connectivity index (χ2n) is 7.02. The summed E-state index contributed by atoms with van der Waals surface area (Å²) in [7, 11) is 1.86. The van der Waals surface area contributed by atoms with Gasteiger partial charge < -0.3 is 14.7 Å². The summed E-state index contributed by atoms with van der Waals surface area (Å²) in [4.78, 5) is 10.6. The van der Waals surface area contributed by atoms with Gasteiger partial charge in [0, 0.05) is 62.7 Å². The molecule has 0 aromatic carbocycles. The first-order valence-electron chi connectivity index (χ1n) is 8.70. The van der Waals surface area contributed by atoms with Crippen molar-refractivity contribution in [3.8, 4) is 0 Å². The molecule has 26 heavy (non-hydrogen) atoms. The van der Waals surface area contributed by atoms with Crippen molar-refractivity contribution in [3.05, 3.63) is 40.4 Å². The summed E-state index contributed by atoms with van der Waals surface area (Å²) in [6.07, 6.45) is 1.63. The Morgan fingerprint density at radius 1 is 1.31 bits per heavy atom. The van der Waals surface area contributed by atoms with Crippen LogP contribution in [0.3, 0.4) is 0 Å². The molecule has 1 N–H and O–H groups in total. The molecule has 0 amide bonds. The Hall–Kier alpha value is -1.13. The SMILES string of the molecule is CN=C(NCC(C)(C)c1cccs1)N1CCN(Cc2ccon2)CC1.I. The smallest absolute Gasteiger partial charge is 0.193 e. The van der Waals surface area contributed by atoms with Crippen LogP contribution in [-0.4, -0.2) is 60.7 Å². The van der Waals surface area contributed by atoms with Gasteiger partial charge in [-0.1, -0.05) is 25.1 Å². The number of halogens is 1. The van der Waals surface area contributed by atoms with Crippen LogP contribution in [0.4, 0.5) is 0 Å². The first-order valence-corrected chi connectivity index (χ1v) is 9.57. The molecule has 0 radical (unpaired) electrons. The van der Waals surface area contributed by atoms with E-state index >= 15 is 0 Å². The van der Waals surface area contributed by atoms with Gasteiger partial charge in [0.05, 0.1) is 5.69 Å². The standard InChI is InChI=1S/C18H27N5OS.HI/c1-18(2,16-5-4-12-25-16)14-20-17(19-3)23-9-7-22(8-10-23)13-15-6-11-24-21-15;/h4-6,11-12H,7-10,13-14H2,1-3H3,(H,19,20);1H. The minimum absolute atomic E-state index is 0. The highest BCUT2D eigenvalue weighted by Crippen LogP contribution is 2.26. The monoisotopic (exact) mass is 489 g/mol. The van der Waals surface area contributed by atoms with Crippen LogP contribution in [0, 0.1) is 0 Å². The summed E-state index contributed by atoms with van der Waals surface area (Å²) in [6.45, 7) is 10.2. The van der Waals surface area contributed by atoms with E-state index in [-0.39, 0.29) is 29.4 Å². The van der Waals surface area contributed by atoms with Gasteiger partial charge in [0.25, 0.3) is 0 Å². The Bertz CT molecular complexity index is 664. The predicted octanol–water partition coefficient (Wildman–Crippen LogP) is 3.02. The van der Waals surface area contributed by atoms with Gasteiger partial charge in [-0.05, 0) is 11.4 Å². The number of nitrogens with one attached hydrogen (secondary N) is 1. The third kappa shape index (κ3) is 5.43. The van der Waals surface area contributed by atoms with Crippen molar-refractivity contribution in [2.45, 2.75) is 25.8 Å². The molecular weight excluding hydrogens is 461 g/mol. The van der Waals surface area contributed by atoms with Gasteiger partial charge in [0.15, 0.2) is 5.96 Å². The second kappa shape index (κ2) is 9.70. The molecule has 0 bridgehead atoms. The molecule has 1 aliphatic rings. The molecule has 144 valence electrons. The molecule has 0 saturated carbocycles. The van der Waals surface area contributed by atoms with E-state index in [1.807, 2.05) is 24.5 Å². The fraction of sp³-hybridized carbons (Fsp3) is 0.556. The van der Waals surface area contributed by atoms with E-state index in [4.69, 9.17) is 4.52 Å².